The summed E-state index contributed by atoms with van der Waals surface area (Å²) in [7, 11) is 0. The molecule has 0 aliphatic heterocycles. The van der Waals surface area contributed by atoms with Crippen molar-refractivity contribution in [3.8, 4) is 0 Å². The van der Waals surface area contributed by atoms with E-state index in [0.717, 1.165) is 23.7 Å². The zero-order chi connectivity index (χ0) is 21.9. The molecule has 3 saturated carbocycles. The third kappa shape index (κ3) is 3.21. The van der Waals surface area contributed by atoms with Crippen LogP contribution in [0.2, 0.25) is 0 Å². The van der Waals surface area contributed by atoms with Gasteiger partial charge in [-0.15, -0.1) is 0 Å². The predicted molar refractivity (Wildman–Crippen MR) is 131 cm³/mol. The van der Waals surface area contributed by atoms with E-state index in [0.29, 0.717) is 21.7 Å². The first kappa shape index (κ1) is 22.7. The van der Waals surface area contributed by atoms with Gasteiger partial charge in [-0.05, 0) is 117 Å². The van der Waals surface area contributed by atoms with Gasteiger partial charge in [0.2, 0.25) is 0 Å². The van der Waals surface area contributed by atoms with E-state index in [-0.39, 0.29) is 0 Å². The van der Waals surface area contributed by atoms with Gasteiger partial charge < -0.3 is 0 Å². The van der Waals surface area contributed by atoms with Crippen LogP contribution in [-0.4, -0.2) is 0 Å². The zero-order valence-electron chi connectivity index (χ0n) is 21.5. The molecular formula is C30H50. The van der Waals surface area contributed by atoms with Crippen molar-refractivity contribution in [1.29, 1.82) is 0 Å². The minimum atomic E-state index is 0.445. The average Bonchev–Trinajstić information content (AvgIpc) is 2.92. The summed E-state index contributed by atoms with van der Waals surface area (Å²) in [6, 6.07) is 0. The fraction of sp³-hybridized carbons (Fsp3) is 0.867. The lowest BCUT2D eigenvalue weighted by Crippen LogP contribution is -2.55. The molecular weight excluding hydrogens is 360 g/mol. The molecule has 0 heterocycles. The van der Waals surface area contributed by atoms with E-state index < -0.39 is 0 Å². The van der Waals surface area contributed by atoms with Gasteiger partial charge >= 0.3 is 0 Å². The molecule has 0 bridgehead atoms. The first-order chi connectivity index (χ1) is 14.0. The molecule has 0 heteroatoms. The maximum atomic E-state index is 2.80. The molecule has 170 valence electrons. The molecule has 0 spiro atoms. The average molecular weight is 411 g/mol. The minimum absolute atomic E-state index is 0.445. The number of hydrogen-bond acceptors (Lipinski definition) is 0. The summed E-state index contributed by atoms with van der Waals surface area (Å²) in [5, 5.41) is 0. The van der Waals surface area contributed by atoms with Crippen molar-refractivity contribution in [2.75, 3.05) is 0 Å². The summed E-state index contributed by atoms with van der Waals surface area (Å²) in [4.78, 5) is 0. The fourth-order valence-corrected chi connectivity index (χ4v) is 9.59. The van der Waals surface area contributed by atoms with Crippen molar-refractivity contribution in [2.45, 2.75) is 120 Å². The van der Waals surface area contributed by atoms with Crippen molar-refractivity contribution in [3.05, 3.63) is 23.3 Å². The van der Waals surface area contributed by atoms with Crippen molar-refractivity contribution in [2.24, 2.45) is 45.3 Å². The lowest BCUT2D eigenvalue weighted by molar-refractivity contribution is -0.0798. The van der Waals surface area contributed by atoms with Crippen LogP contribution in [0.15, 0.2) is 23.3 Å². The first-order valence-corrected chi connectivity index (χ1v) is 13.3. The third-order valence-corrected chi connectivity index (χ3v) is 11.5. The second-order valence-electron chi connectivity index (χ2n) is 13.6. The van der Waals surface area contributed by atoms with Gasteiger partial charge in [0.15, 0.2) is 0 Å². The van der Waals surface area contributed by atoms with E-state index in [2.05, 4.69) is 67.5 Å². The molecule has 0 amide bonds. The Bertz CT molecular complexity index is 718. The molecule has 0 aromatic heterocycles. The van der Waals surface area contributed by atoms with Gasteiger partial charge in [0.05, 0.1) is 0 Å². The molecule has 30 heavy (non-hydrogen) atoms. The molecule has 0 aromatic rings. The largest absolute Gasteiger partial charge is 0.0859 e. The van der Waals surface area contributed by atoms with Crippen molar-refractivity contribution in [3.63, 3.8) is 0 Å². The van der Waals surface area contributed by atoms with Crippen LogP contribution in [0.3, 0.4) is 0 Å². The number of fused-ring (bicyclic) bond motifs is 5. The zero-order valence-corrected chi connectivity index (χ0v) is 21.5. The Kier molecular flexibility index (Phi) is 5.68. The van der Waals surface area contributed by atoms with Crippen LogP contribution in [0.1, 0.15) is 120 Å². The second-order valence-corrected chi connectivity index (χ2v) is 13.6. The summed E-state index contributed by atoms with van der Waals surface area (Å²) < 4.78 is 0. The summed E-state index contributed by atoms with van der Waals surface area (Å²) in [5.41, 5.74) is 5.42. The van der Waals surface area contributed by atoms with E-state index in [9.17, 15) is 0 Å². The van der Waals surface area contributed by atoms with Gasteiger partial charge in [-0.25, -0.2) is 0 Å². The topological polar surface area (TPSA) is 0 Å². The Morgan fingerprint density at radius 3 is 2.47 bits per heavy atom. The number of allylic oxidation sites excluding steroid dienone is 4. The molecule has 4 aliphatic carbocycles. The molecule has 4 aliphatic rings. The van der Waals surface area contributed by atoms with Gasteiger partial charge in [0.25, 0.3) is 0 Å². The highest BCUT2D eigenvalue weighted by atomic mass is 14.7. The van der Waals surface area contributed by atoms with Crippen LogP contribution >= 0.6 is 0 Å². The van der Waals surface area contributed by atoms with Gasteiger partial charge in [0, 0.05) is 0 Å². The van der Waals surface area contributed by atoms with Crippen molar-refractivity contribution >= 4 is 0 Å². The Balaban J connectivity index is 1.62. The summed E-state index contributed by atoms with van der Waals surface area (Å²) in [5.74, 6) is 3.50. The Morgan fingerprint density at radius 2 is 1.77 bits per heavy atom. The summed E-state index contributed by atoms with van der Waals surface area (Å²) >= 11 is 0. The fourth-order valence-electron chi connectivity index (χ4n) is 9.59. The number of rotatable bonds is 4. The Hall–Kier alpha value is -0.520. The Labute approximate surface area is 188 Å². The first-order valence-electron chi connectivity index (χ1n) is 13.3. The molecule has 0 unspecified atom stereocenters. The standard InChI is InChI=1S/C30H50/c1-21(2)11-9-12-22(3)23-15-19-30(8)25-13-14-26-27(4,5)17-10-18-28(26,6)24(25)16-20-29(23,30)7/h11,13,22-24,26H,9-10,12,14-20H2,1-8H3/t22-,23-,24+,26+,28-,29+,30-/m1/s1. The monoisotopic (exact) mass is 410 g/mol. The van der Waals surface area contributed by atoms with Crippen LogP contribution < -0.4 is 0 Å². The molecule has 7 atom stereocenters. The van der Waals surface area contributed by atoms with E-state index in [4.69, 9.17) is 0 Å². The third-order valence-electron chi connectivity index (χ3n) is 11.5. The number of hydrogen-bond donors (Lipinski definition) is 0. The van der Waals surface area contributed by atoms with Crippen LogP contribution in [-0.2, 0) is 0 Å². The van der Waals surface area contributed by atoms with Gasteiger partial charge in [-0.1, -0.05) is 71.3 Å². The molecule has 4 rings (SSSR count). The lowest BCUT2D eigenvalue weighted by atomic mass is 9.41. The maximum Gasteiger partial charge on any atom is -0.00568 e. The molecule has 0 nitrogen and oxygen atoms in total. The highest BCUT2D eigenvalue weighted by Crippen LogP contribution is 2.73. The molecule has 0 radical (unpaired) electrons. The second kappa shape index (κ2) is 7.52. The normalized spacial score (nSPS) is 45.6. The SMILES string of the molecule is CC(C)=CCC[C@@H](C)[C@H]1CC[C@]2(C)C3=CC[C@H]4C(C)(C)CCC[C@]4(C)[C@H]3CC[C@@]12C. The van der Waals surface area contributed by atoms with E-state index in [1.807, 2.05) is 5.57 Å². The van der Waals surface area contributed by atoms with Crippen LogP contribution in [0, 0.1) is 45.3 Å². The van der Waals surface area contributed by atoms with Gasteiger partial charge in [-0.3, -0.25) is 0 Å². The van der Waals surface area contributed by atoms with E-state index in [1.165, 1.54) is 69.8 Å². The van der Waals surface area contributed by atoms with Gasteiger partial charge in [0.1, 0.15) is 0 Å². The van der Waals surface area contributed by atoms with Crippen LogP contribution in [0.5, 0.6) is 0 Å². The highest BCUT2D eigenvalue weighted by molar-refractivity contribution is 5.33. The molecule has 3 fully saturated rings. The molecule has 0 aromatic carbocycles. The van der Waals surface area contributed by atoms with Crippen molar-refractivity contribution in [1.82, 2.24) is 0 Å². The Morgan fingerprint density at radius 1 is 1.03 bits per heavy atom. The summed E-state index contributed by atoms with van der Waals surface area (Å²) in [6.07, 6.45) is 19.4. The lowest BCUT2D eigenvalue weighted by Gasteiger charge is -2.63. The predicted octanol–water partition coefficient (Wildman–Crippen LogP) is 9.36. The van der Waals surface area contributed by atoms with Gasteiger partial charge in [-0.2, -0.15) is 0 Å². The molecule has 0 saturated heterocycles. The van der Waals surface area contributed by atoms with Crippen molar-refractivity contribution < 1.29 is 0 Å². The van der Waals surface area contributed by atoms with Crippen LogP contribution in [0.25, 0.3) is 0 Å². The van der Waals surface area contributed by atoms with E-state index >= 15 is 0 Å². The molecule has 0 N–H and O–H groups in total. The minimum Gasteiger partial charge on any atom is -0.0859 e. The smallest absolute Gasteiger partial charge is 0.00568 e. The highest BCUT2D eigenvalue weighted by Gasteiger charge is 2.64. The van der Waals surface area contributed by atoms with E-state index in [1.54, 1.807) is 0 Å². The van der Waals surface area contributed by atoms with Crippen LogP contribution in [0.4, 0.5) is 0 Å². The maximum absolute atomic E-state index is 2.80. The summed E-state index contributed by atoms with van der Waals surface area (Å²) in [6.45, 7) is 20.3. The quantitative estimate of drug-likeness (QED) is 0.405.